The van der Waals surface area contributed by atoms with Crippen molar-refractivity contribution < 1.29 is 9.53 Å². The monoisotopic (exact) mass is 269 g/mol. The molecule has 0 bridgehead atoms. The number of amides is 1. The summed E-state index contributed by atoms with van der Waals surface area (Å²) < 4.78 is 7.08. The van der Waals surface area contributed by atoms with Gasteiger partial charge in [-0.25, -0.2) is 9.78 Å². The zero-order valence-electron chi connectivity index (χ0n) is 7.90. The Balaban J connectivity index is 2.48. The lowest BCUT2D eigenvalue weighted by Gasteiger charge is -2.04. The number of ether oxygens (including phenoxy) is 1. The highest BCUT2D eigenvalue weighted by atomic mass is 79.9. The minimum atomic E-state index is -0.521. The average molecular weight is 270 g/mol. The number of imidazole rings is 1. The topological polar surface area (TPSA) is 55.6 Å². The first-order valence-corrected chi connectivity index (χ1v) is 4.98. The van der Waals surface area contributed by atoms with Crippen molar-refractivity contribution in [2.75, 3.05) is 12.4 Å². The molecular weight excluding hydrogens is 262 g/mol. The number of nitrogens with one attached hydrogen (secondary N) is 1. The van der Waals surface area contributed by atoms with Crippen LogP contribution in [0.5, 0.6) is 0 Å². The lowest BCUT2D eigenvalue weighted by molar-refractivity contribution is 0.187. The van der Waals surface area contributed by atoms with E-state index in [1.54, 1.807) is 10.6 Å². The number of halogens is 1. The van der Waals surface area contributed by atoms with E-state index in [0.29, 0.717) is 5.82 Å². The Bertz CT molecular complexity index is 509. The van der Waals surface area contributed by atoms with Crippen LogP contribution in [0.2, 0.25) is 0 Å². The quantitative estimate of drug-likeness (QED) is 0.809. The van der Waals surface area contributed by atoms with Gasteiger partial charge in [0.2, 0.25) is 0 Å². The number of carbonyl (C=O) groups is 1. The number of carbonyl (C=O) groups excluding carboxylic acids is 1. The summed E-state index contributed by atoms with van der Waals surface area (Å²) in [6.45, 7) is 0. The van der Waals surface area contributed by atoms with Gasteiger partial charge in [0, 0.05) is 0 Å². The highest BCUT2D eigenvalue weighted by Crippen LogP contribution is 2.19. The molecule has 0 aliphatic rings. The highest BCUT2D eigenvalue weighted by Gasteiger charge is 2.08. The van der Waals surface area contributed by atoms with E-state index in [2.05, 4.69) is 31.0 Å². The molecular formula is C9H8BrN3O2. The van der Waals surface area contributed by atoms with Crippen molar-refractivity contribution >= 4 is 33.5 Å². The molecule has 2 rings (SSSR count). The van der Waals surface area contributed by atoms with Crippen LogP contribution < -0.4 is 5.32 Å². The molecule has 6 heteroatoms. The lowest BCUT2D eigenvalue weighted by atomic mass is 10.5. The van der Waals surface area contributed by atoms with Gasteiger partial charge in [0.1, 0.15) is 11.5 Å². The van der Waals surface area contributed by atoms with Crippen molar-refractivity contribution in [3.05, 3.63) is 29.0 Å². The van der Waals surface area contributed by atoms with Gasteiger partial charge >= 0.3 is 6.09 Å². The van der Waals surface area contributed by atoms with Crippen molar-refractivity contribution in [1.29, 1.82) is 0 Å². The minimum Gasteiger partial charge on any atom is -0.453 e. The molecule has 2 aromatic heterocycles. The van der Waals surface area contributed by atoms with E-state index in [4.69, 9.17) is 0 Å². The number of anilines is 1. The van der Waals surface area contributed by atoms with Crippen LogP contribution in [-0.2, 0) is 4.74 Å². The van der Waals surface area contributed by atoms with Gasteiger partial charge in [-0.05, 0) is 28.1 Å². The predicted octanol–water partition coefficient (Wildman–Crippen LogP) is 2.28. The van der Waals surface area contributed by atoms with E-state index >= 15 is 0 Å². The van der Waals surface area contributed by atoms with Crippen LogP contribution in [0.1, 0.15) is 0 Å². The Morgan fingerprint density at radius 3 is 3.13 bits per heavy atom. The number of hydrogen-bond acceptors (Lipinski definition) is 3. The number of nitrogens with zero attached hydrogens (tertiary/aromatic N) is 2. The number of fused-ring (bicyclic) bond motifs is 1. The molecule has 0 unspecified atom stereocenters. The maximum atomic E-state index is 11.0. The number of methoxy groups -OCH3 is 1. The Hall–Kier alpha value is -1.56. The second kappa shape index (κ2) is 3.90. The van der Waals surface area contributed by atoms with Gasteiger partial charge in [-0.15, -0.1) is 0 Å². The van der Waals surface area contributed by atoms with Crippen molar-refractivity contribution in [3.8, 4) is 0 Å². The van der Waals surface area contributed by atoms with E-state index in [1.165, 1.54) is 7.11 Å². The molecule has 78 valence electrons. The molecule has 0 aromatic carbocycles. The van der Waals surface area contributed by atoms with E-state index < -0.39 is 6.09 Å². The summed E-state index contributed by atoms with van der Waals surface area (Å²) in [5.41, 5.74) is 0.746. The molecule has 0 aliphatic heterocycles. The molecule has 15 heavy (non-hydrogen) atoms. The number of hydrogen-bond donors (Lipinski definition) is 1. The molecule has 0 saturated carbocycles. The normalized spacial score (nSPS) is 10.3. The molecule has 2 heterocycles. The van der Waals surface area contributed by atoms with Crippen LogP contribution in [0, 0.1) is 0 Å². The predicted molar refractivity (Wildman–Crippen MR) is 58.9 cm³/mol. The molecule has 0 fully saturated rings. The number of aromatic nitrogens is 2. The molecule has 5 nitrogen and oxygen atoms in total. The van der Waals surface area contributed by atoms with Crippen LogP contribution in [0.4, 0.5) is 10.6 Å². The third-order valence-corrected chi connectivity index (χ3v) is 2.52. The fourth-order valence-electron chi connectivity index (χ4n) is 1.24. The summed E-state index contributed by atoms with van der Waals surface area (Å²) >= 11 is 3.37. The SMILES string of the molecule is COC(=O)Nc1cnc2cccc(Br)n12. The molecule has 2 aromatic rings. The van der Waals surface area contributed by atoms with Gasteiger partial charge < -0.3 is 4.74 Å². The molecule has 0 aliphatic carbocycles. The van der Waals surface area contributed by atoms with Gasteiger partial charge in [0.15, 0.2) is 0 Å². The maximum absolute atomic E-state index is 11.0. The third-order valence-electron chi connectivity index (χ3n) is 1.90. The smallest absolute Gasteiger partial charge is 0.412 e. The fourth-order valence-corrected chi connectivity index (χ4v) is 1.77. The number of rotatable bonds is 1. The fraction of sp³-hybridized carbons (Fsp3) is 0.111. The van der Waals surface area contributed by atoms with Gasteiger partial charge in [-0.2, -0.15) is 0 Å². The van der Waals surface area contributed by atoms with Crippen molar-refractivity contribution in [1.82, 2.24) is 9.38 Å². The summed E-state index contributed by atoms with van der Waals surface area (Å²) in [5.74, 6) is 0.560. The van der Waals surface area contributed by atoms with Gasteiger partial charge in [0.25, 0.3) is 0 Å². The average Bonchev–Trinajstić information content (AvgIpc) is 2.63. The summed E-state index contributed by atoms with van der Waals surface area (Å²) in [5, 5.41) is 2.56. The summed E-state index contributed by atoms with van der Waals surface area (Å²) in [7, 11) is 1.31. The maximum Gasteiger partial charge on any atom is 0.412 e. The molecule has 1 N–H and O–H groups in total. The van der Waals surface area contributed by atoms with E-state index in [9.17, 15) is 4.79 Å². The van der Waals surface area contributed by atoms with Gasteiger partial charge in [-0.1, -0.05) is 6.07 Å². The second-order valence-corrected chi connectivity index (χ2v) is 3.61. The lowest BCUT2D eigenvalue weighted by Crippen LogP contribution is -2.12. The van der Waals surface area contributed by atoms with Crippen LogP contribution in [0.3, 0.4) is 0 Å². The van der Waals surface area contributed by atoms with Crippen LogP contribution >= 0.6 is 15.9 Å². The molecule has 0 radical (unpaired) electrons. The third kappa shape index (κ3) is 1.80. The highest BCUT2D eigenvalue weighted by molar-refractivity contribution is 9.10. The second-order valence-electron chi connectivity index (χ2n) is 2.80. The zero-order chi connectivity index (χ0) is 10.8. The Morgan fingerprint density at radius 2 is 2.40 bits per heavy atom. The van der Waals surface area contributed by atoms with E-state index in [0.717, 1.165) is 10.3 Å². The standard InChI is InChI=1S/C9H8BrN3O2/c1-15-9(14)12-8-5-11-7-4-2-3-6(10)13(7)8/h2-5H,1H3,(H,12,14). The molecule has 0 spiro atoms. The minimum absolute atomic E-state index is 0.521. The van der Waals surface area contributed by atoms with Crippen molar-refractivity contribution in [2.24, 2.45) is 0 Å². The van der Waals surface area contributed by atoms with E-state index in [-0.39, 0.29) is 0 Å². The van der Waals surface area contributed by atoms with Gasteiger partial charge in [-0.3, -0.25) is 9.72 Å². The van der Waals surface area contributed by atoms with Gasteiger partial charge in [0.05, 0.1) is 17.9 Å². The van der Waals surface area contributed by atoms with E-state index in [1.807, 2.05) is 18.2 Å². The Morgan fingerprint density at radius 1 is 1.60 bits per heavy atom. The molecule has 0 atom stereocenters. The van der Waals surface area contributed by atoms with Crippen LogP contribution in [-0.4, -0.2) is 22.6 Å². The summed E-state index contributed by atoms with van der Waals surface area (Å²) in [6.07, 6.45) is 1.05. The largest absolute Gasteiger partial charge is 0.453 e. The Kier molecular flexibility index (Phi) is 2.59. The zero-order valence-corrected chi connectivity index (χ0v) is 9.48. The first-order valence-electron chi connectivity index (χ1n) is 4.19. The van der Waals surface area contributed by atoms with Crippen molar-refractivity contribution in [3.63, 3.8) is 0 Å². The summed E-state index contributed by atoms with van der Waals surface area (Å²) in [6, 6.07) is 5.57. The molecule has 0 saturated heterocycles. The first kappa shape index (κ1) is 9.97. The molecule has 1 amide bonds. The summed E-state index contributed by atoms with van der Waals surface area (Å²) in [4.78, 5) is 15.2. The number of pyridine rings is 1. The Labute approximate surface area is 94.2 Å². The van der Waals surface area contributed by atoms with Crippen LogP contribution in [0.15, 0.2) is 29.0 Å². The van der Waals surface area contributed by atoms with Crippen LogP contribution in [0.25, 0.3) is 5.65 Å². The van der Waals surface area contributed by atoms with Crippen molar-refractivity contribution in [2.45, 2.75) is 0 Å². The first-order chi connectivity index (χ1) is 7.22.